The van der Waals surface area contributed by atoms with E-state index in [9.17, 15) is 13.0 Å². The van der Waals surface area contributed by atoms with Gasteiger partial charge in [-0.2, -0.15) is 5.10 Å². The molecule has 0 fully saturated rings. The van der Waals surface area contributed by atoms with Gasteiger partial charge < -0.3 is 0 Å². The van der Waals surface area contributed by atoms with E-state index in [2.05, 4.69) is 5.10 Å². The first kappa shape index (κ1) is 15.6. The zero-order valence-electron chi connectivity index (χ0n) is 12.2. The number of halogens is 2. The number of nitrogens with zero attached hydrogens (tertiary/aromatic N) is 2. The Hall–Kier alpha value is -2.34. The van der Waals surface area contributed by atoms with Crippen LogP contribution in [0, 0.1) is 11.6 Å². The minimum atomic E-state index is -1.27. The fraction of sp³-hybridized carbons (Fsp3) is 0.118. The fourth-order valence-electron chi connectivity index (χ4n) is 2.21. The van der Waals surface area contributed by atoms with Crippen molar-refractivity contribution >= 4 is 10.8 Å². The van der Waals surface area contributed by atoms with Crippen LogP contribution in [0.2, 0.25) is 0 Å². The number of benzene rings is 2. The second-order valence-corrected chi connectivity index (χ2v) is 6.51. The fourth-order valence-corrected chi connectivity index (χ4v) is 3.37. The Balaban J connectivity index is 1.69. The van der Waals surface area contributed by atoms with Gasteiger partial charge >= 0.3 is 0 Å². The maximum Gasteiger partial charge on any atom is 0.127 e. The van der Waals surface area contributed by atoms with E-state index >= 15 is 0 Å². The van der Waals surface area contributed by atoms with Gasteiger partial charge in [0.15, 0.2) is 0 Å². The van der Waals surface area contributed by atoms with Gasteiger partial charge in [0.25, 0.3) is 0 Å². The largest absolute Gasteiger partial charge is 0.259 e. The highest BCUT2D eigenvalue weighted by atomic mass is 32.2. The van der Waals surface area contributed by atoms with Gasteiger partial charge in [-0.15, -0.1) is 0 Å². The van der Waals surface area contributed by atoms with Crippen LogP contribution in [0.25, 0.3) is 5.69 Å². The highest BCUT2D eigenvalue weighted by Gasteiger charge is 2.10. The summed E-state index contributed by atoms with van der Waals surface area (Å²) in [5.41, 5.74) is 1.63. The summed E-state index contributed by atoms with van der Waals surface area (Å²) >= 11 is 0. The first-order chi connectivity index (χ1) is 11.1. The van der Waals surface area contributed by atoms with Gasteiger partial charge in [0, 0.05) is 22.6 Å². The summed E-state index contributed by atoms with van der Waals surface area (Å²) in [5.74, 6) is -0.343. The molecule has 0 aliphatic carbocycles. The average molecular weight is 332 g/mol. The van der Waals surface area contributed by atoms with Gasteiger partial charge in [-0.1, -0.05) is 24.3 Å². The molecule has 0 amide bonds. The van der Waals surface area contributed by atoms with Crippen molar-refractivity contribution in [2.75, 3.05) is 0 Å². The van der Waals surface area contributed by atoms with Crippen molar-refractivity contribution in [2.45, 2.75) is 11.5 Å². The van der Waals surface area contributed by atoms with Gasteiger partial charge in [-0.25, -0.2) is 13.5 Å². The van der Waals surface area contributed by atoms with E-state index in [0.29, 0.717) is 16.9 Å². The number of hydrogen-bond donors (Lipinski definition) is 0. The average Bonchev–Trinajstić information content (AvgIpc) is 2.98. The minimum absolute atomic E-state index is 0.138. The Labute approximate surface area is 135 Å². The third-order valence-corrected chi connectivity index (χ3v) is 4.55. The molecule has 2 aromatic carbocycles. The summed E-state index contributed by atoms with van der Waals surface area (Å²) in [6, 6.07) is 14.1. The van der Waals surface area contributed by atoms with E-state index in [0.717, 1.165) is 0 Å². The van der Waals surface area contributed by atoms with Gasteiger partial charge in [-0.3, -0.25) is 4.21 Å². The summed E-state index contributed by atoms with van der Waals surface area (Å²) < 4.78 is 40.5. The summed E-state index contributed by atoms with van der Waals surface area (Å²) in [5, 5.41) is 4.29. The van der Waals surface area contributed by atoms with Crippen LogP contribution in [0.15, 0.2) is 60.8 Å². The normalized spacial score (nSPS) is 12.3. The van der Waals surface area contributed by atoms with E-state index in [1.165, 1.54) is 22.9 Å². The van der Waals surface area contributed by atoms with Crippen LogP contribution in [0.3, 0.4) is 0 Å². The maximum atomic E-state index is 13.6. The topological polar surface area (TPSA) is 34.9 Å². The van der Waals surface area contributed by atoms with Crippen molar-refractivity contribution in [3.05, 3.63) is 83.7 Å². The number of aromatic nitrogens is 2. The number of rotatable bonds is 5. The van der Waals surface area contributed by atoms with Crippen LogP contribution in [-0.4, -0.2) is 14.0 Å². The molecule has 0 saturated heterocycles. The van der Waals surface area contributed by atoms with Crippen LogP contribution < -0.4 is 0 Å². The van der Waals surface area contributed by atoms with E-state index in [4.69, 9.17) is 0 Å². The molecule has 3 aromatic rings. The minimum Gasteiger partial charge on any atom is -0.259 e. The molecule has 1 atom stereocenters. The lowest BCUT2D eigenvalue weighted by molar-refractivity contribution is 0.615. The molecule has 3 rings (SSSR count). The van der Waals surface area contributed by atoms with Crippen molar-refractivity contribution in [1.82, 2.24) is 9.78 Å². The summed E-state index contributed by atoms with van der Waals surface area (Å²) in [6.45, 7) is 0. The van der Waals surface area contributed by atoms with Crippen LogP contribution in [0.1, 0.15) is 11.3 Å². The lowest BCUT2D eigenvalue weighted by Gasteiger charge is -2.03. The zero-order valence-corrected chi connectivity index (χ0v) is 13.0. The predicted molar refractivity (Wildman–Crippen MR) is 85.5 cm³/mol. The molecule has 0 spiro atoms. The molecule has 0 N–H and O–H groups in total. The summed E-state index contributed by atoms with van der Waals surface area (Å²) in [6.07, 6.45) is 1.68. The molecule has 0 unspecified atom stereocenters. The number of hydrogen-bond acceptors (Lipinski definition) is 2. The van der Waals surface area contributed by atoms with Crippen molar-refractivity contribution in [2.24, 2.45) is 0 Å². The molecule has 0 bridgehead atoms. The lowest BCUT2D eigenvalue weighted by Crippen LogP contribution is -2.03. The molecule has 23 heavy (non-hydrogen) atoms. The smallest absolute Gasteiger partial charge is 0.127 e. The zero-order chi connectivity index (χ0) is 16.2. The van der Waals surface area contributed by atoms with E-state index in [1.54, 1.807) is 42.6 Å². The second kappa shape index (κ2) is 6.83. The first-order valence-corrected chi connectivity index (χ1v) is 8.49. The Bertz CT molecular complexity index is 848. The van der Waals surface area contributed by atoms with Crippen LogP contribution in [-0.2, 0) is 22.3 Å². The monoisotopic (exact) mass is 332 g/mol. The van der Waals surface area contributed by atoms with Crippen LogP contribution >= 0.6 is 0 Å². The molecule has 0 radical (unpaired) electrons. The lowest BCUT2D eigenvalue weighted by atomic mass is 10.2. The molecule has 1 heterocycles. The van der Waals surface area contributed by atoms with Crippen molar-refractivity contribution < 1.29 is 13.0 Å². The molecular weight excluding hydrogens is 318 g/mol. The highest BCUT2D eigenvalue weighted by Crippen LogP contribution is 2.13. The molecule has 0 aliphatic heterocycles. The Morgan fingerprint density at radius 2 is 1.83 bits per heavy atom. The van der Waals surface area contributed by atoms with Crippen molar-refractivity contribution in [3.8, 4) is 5.69 Å². The van der Waals surface area contributed by atoms with E-state index in [1.807, 2.05) is 0 Å². The predicted octanol–water partition coefficient (Wildman–Crippen LogP) is 3.60. The molecule has 0 aliphatic rings. The molecule has 3 nitrogen and oxygen atoms in total. The summed E-state index contributed by atoms with van der Waals surface area (Å²) in [4.78, 5) is 0. The quantitative estimate of drug-likeness (QED) is 0.715. The van der Waals surface area contributed by atoms with Crippen LogP contribution in [0.5, 0.6) is 0 Å². The third kappa shape index (κ3) is 3.90. The van der Waals surface area contributed by atoms with E-state index < -0.39 is 10.8 Å². The maximum absolute atomic E-state index is 13.6. The van der Waals surface area contributed by atoms with Crippen molar-refractivity contribution in [3.63, 3.8) is 0 Å². The standard InChI is InChI=1S/C17H14F2N2OS/c18-14-5-3-6-16(10-14)21-9-8-15(20-21)12-23(22)11-13-4-1-2-7-17(13)19/h1-10H,11-12H2/t23-/m0/s1. The van der Waals surface area contributed by atoms with E-state index in [-0.39, 0.29) is 23.1 Å². The highest BCUT2D eigenvalue weighted by molar-refractivity contribution is 7.83. The first-order valence-electron chi connectivity index (χ1n) is 7.01. The van der Waals surface area contributed by atoms with Gasteiger partial charge in [0.2, 0.25) is 0 Å². The third-order valence-electron chi connectivity index (χ3n) is 3.30. The van der Waals surface area contributed by atoms with Gasteiger partial charge in [0.05, 0.1) is 22.9 Å². The van der Waals surface area contributed by atoms with Crippen LogP contribution in [0.4, 0.5) is 8.78 Å². The molecule has 1 aromatic heterocycles. The molecule has 0 saturated carbocycles. The Morgan fingerprint density at radius 1 is 1.00 bits per heavy atom. The molecule has 118 valence electrons. The van der Waals surface area contributed by atoms with Crippen molar-refractivity contribution in [1.29, 1.82) is 0 Å². The molecule has 6 heteroatoms. The SMILES string of the molecule is O=[S@](Cc1ccn(-c2cccc(F)c2)n1)Cc1ccccc1F. The van der Waals surface area contributed by atoms with Gasteiger partial charge in [-0.05, 0) is 30.3 Å². The molecular formula is C17H14F2N2OS. The Morgan fingerprint density at radius 3 is 2.61 bits per heavy atom. The Kier molecular flexibility index (Phi) is 4.62. The summed E-state index contributed by atoms with van der Waals surface area (Å²) in [7, 11) is -1.27. The second-order valence-electron chi connectivity index (χ2n) is 5.05. The van der Waals surface area contributed by atoms with Gasteiger partial charge in [0.1, 0.15) is 11.6 Å².